The van der Waals surface area contributed by atoms with E-state index in [0.29, 0.717) is 31.8 Å². The lowest BCUT2D eigenvalue weighted by Gasteiger charge is -2.32. The number of carbonyl (C=O) groups excluding carboxylic acids is 1. The molecule has 1 amide bonds. The minimum atomic E-state index is -0.899. The van der Waals surface area contributed by atoms with Gasteiger partial charge in [-0.25, -0.2) is 4.39 Å². The lowest BCUT2D eigenvalue weighted by molar-refractivity contribution is -0.125. The summed E-state index contributed by atoms with van der Waals surface area (Å²) in [6, 6.07) is 5.43. The Bertz CT molecular complexity index is 443. The first-order chi connectivity index (χ1) is 9.57. The molecule has 6 heteroatoms. The molecule has 0 aliphatic carbocycles. The van der Waals surface area contributed by atoms with Crippen LogP contribution >= 0.6 is 0 Å². The Balaban J connectivity index is 1.71. The van der Waals surface area contributed by atoms with Crippen molar-refractivity contribution in [1.29, 1.82) is 0 Å². The van der Waals surface area contributed by atoms with E-state index in [2.05, 4.69) is 5.32 Å². The molecule has 1 aliphatic rings. The first-order valence-corrected chi connectivity index (χ1v) is 6.53. The van der Waals surface area contributed by atoms with Gasteiger partial charge < -0.3 is 19.9 Å². The summed E-state index contributed by atoms with van der Waals surface area (Å²) in [7, 11) is 0. The first kappa shape index (κ1) is 14.7. The zero-order chi connectivity index (χ0) is 14.4. The normalized spacial score (nSPS) is 17.5. The molecule has 2 rings (SSSR count). The van der Waals surface area contributed by atoms with Crippen molar-refractivity contribution < 1.29 is 23.8 Å². The number of aliphatic hydroxyl groups is 1. The van der Waals surface area contributed by atoms with Crippen LogP contribution in [0.4, 0.5) is 4.39 Å². The lowest BCUT2D eigenvalue weighted by Crippen LogP contribution is -2.47. The van der Waals surface area contributed by atoms with Gasteiger partial charge >= 0.3 is 0 Å². The third-order valence-electron chi connectivity index (χ3n) is 3.22. The molecule has 0 spiro atoms. The van der Waals surface area contributed by atoms with Crippen LogP contribution in [0.15, 0.2) is 24.3 Å². The van der Waals surface area contributed by atoms with E-state index in [0.717, 1.165) is 0 Å². The van der Waals surface area contributed by atoms with Crippen molar-refractivity contribution in [3.63, 3.8) is 0 Å². The van der Waals surface area contributed by atoms with Crippen LogP contribution in [0.3, 0.4) is 0 Å². The molecular weight excluding hydrogens is 265 g/mol. The van der Waals surface area contributed by atoms with Gasteiger partial charge in [0.25, 0.3) is 5.91 Å². The highest BCUT2D eigenvalue weighted by Gasteiger charge is 2.30. The highest BCUT2D eigenvalue weighted by molar-refractivity contribution is 5.77. The van der Waals surface area contributed by atoms with Crippen LogP contribution in [-0.4, -0.2) is 43.0 Å². The van der Waals surface area contributed by atoms with Gasteiger partial charge in [-0.1, -0.05) is 0 Å². The van der Waals surface area contributed by atoms with Crippen LogP contribution in [0.5, 0.6) is 5.75 Å². The summed E-state index contributed by atoms with van der Waals surface area (Å²) in [5.41, 5.74) is -0.899. The molecule has 1 saturated heterocycles. The fraction of sp³-hybridized carbons (Fsp3) is 0.500. The second kappa shape index (κ2) is 6.67. The predicted molar refractivity (Wildman–Crippen MR) is 69.9 cm³/mol. The number of carbonyl (C=O) groups is 1. The van der Waals surface area contributed by atoms with Gasteiger partial charge in [0.15, 0.2) is 6.61 Å². The highest BCUT2D eigenvalue weighted by Crippen LogP contribution is 2.19. The number of rotatable bonds is 5. The third-order valence-corrected chi connectivity index (χ3v) is 3.22. The largest absolute Gasteiger partial charge is 0.484 e. The summed E-state index contributed by atoms with van der Waals surface area (Å²) >= 11 is 0. The van der Waals surface area contributed by atoms with Crippen molar-refractivity contribution >= 4 is 5.91 Å². The molecule has 0 unspecified atom stereocenters. The number of hydrogen-bond donors (Lipinski definition) is 2. The van der Waals surface area contributed by atoms with E-state index < -0.39 is 5.60 Å². The average Bonchev–Trinajstić information content (AvgIpc) is 2.45. The maximum atomic E-state index is 12.7. The number of amides is 1. The van der Waals surface area contributed by atoms with Crippen LogP contribution in [-0.2, 0) is 9.53 Å². The Labute approximate surface area is 116 Å². The van der Waals surface area contributed by atoms with E-state index in [1.54, 1.807) is 0 Å². The van der Waals surface area contributed by atoms with Gasteiger partial charge in [0.05, 0.1) is 5.60 Å². The standard InChI is InChI=1S/C14H18FNO4/c15-11-1-3-12(4-2-11)20-9-13(17)16-10-14(18)5-7-19-8-6-14/h1-4,18H,5-10H2,(H,16,17). The fourth-order valence-corrected chi connectivity index (χ4v) is 1.92. The van der Waals surface area contributed by atoms with E-state index in [4.69, 9.17) is 9.47 Å². The molecule has 0 aromatic heterocycles. The molecule has 0 atom stereocenters. The number of ether oxygens (including phenoxy) is 2. The topological polar surface area (TPSA) is 67.8 Å². The van der Waals surface area contributed by atoms with Gasteiger partial charge in [0.1, 0.15) is 11.6 Å². The summed E-state index contributed by atoms with van der Waals surface area (Å²) in [6.45, 7) is 1.01. The lowest BCUT2D eigenvalue weighted by atomic mass is 9.94. The van der Waals surface area contributed by atoms with E-state index in [9.17, 15) is 14.3 Å². The molecule has 1 aliphatic heterocycles. The van der Waals surface area contributed by atoms with Gasteiger partial charge in [-0.05, 0) is 24.3 Å². The summed E-state index contributed by atoms with van der Waals surface area (Å²) in [5.74, 6) is -0.260. The van der Waals surface area contributed by atoms with Gasteiger partial charge in [0, 0.05) is 32.6 Å². The summed E-state index contributed by atoms with van der Waals surface area (Å²) in [5, 5.41) is 12.8. The maximum Gasteiger partial charge on any atom is 0.258 e. The van der Waals surface area contributed by atoms with Gasteiger partial charge in [-0.2, -0.15) is 0 Å². The molecular formula is C14H18FNO4. The van der Waals surface area contributed by atoms with Crippen LogP contribution in [0, 0.1) is 5.82 Å². The van der Waals surface area contributed by atoms with Crippen LogP contribution in [0.2, 0.25) is 0 Å². The summed E-state index contributed by atoms with van der Waals surface area (Å²) < 4.78 is 23.1. The molecule has 2 N–H and O–H groups in total. The Morgan fingerprint density at radius 3 is 2.65 bits per heavy atom. The molecule has 1 fully saturated rings. The molecule has 0 saturated carbocycles. The number of nitrogens with one attached hydrogen (secondary N) is 1. The quantitative estimate of drug-likeness (QED) is 0.841. The Morgan fingerprint density at radius 1 is 1.35 bits per heavy atom. The SMILES string of the molecule is O=C(COc1ccc(F)cc1)NCC1(O)CCOCC1. The minimum Gasteiger partial charge on any atom is -0.484 e. The van der Waals surface area contributed by atoms with Gasteiger partial charge in [-0.15, -0.1) is 0 Å². The van der Waals surface area contributed by atoms with Crippen molar-refractivity contribution in [2.75, 3.05) is 26.4 Å². The van der Waals surface area contributed by atoms with Crippen molar-refractivity contribution in [3.8, 4) is 5.75 Å². The van der Waals surface area contributed by atoms with E-state index in [1.165, 1.54) is 24.3 Å². The number of hydrogen-bond acceptors (Lipinski definition) is 4. The summed E-state index contributed by atoms with van der Waals surface area (Å²) in [6.07, 6.45) is 1.01. The van der Waals surface area contributed by atoms with Crippen LogP contribution in [0.1, 0.15) is 12.8 Å². The predicted octanol–water partition coefficient (Wildman–Crippen LogP) is 0.862. The molecule has 20 heavy (non-hydrogen) atoms. The van der Waals surface area contributed by atoms with Crippen molar-refractivity contribution in [2.24, 2.45) is 0 Å². The second-order valence-electron chi connectivity index (χ2n) is 4.86. The molecule has 1 heterocycles. The average molecular weight is 283 g/mol. The van der Waals surface area contributed by atoms with E-state index >= 15 is 0 Å². The highest BCUT2D eigenvalue weighted by atomic mass is 19.1. The third kappa shape index (κ3) is 4.47. The molecule has 110 valence electrons. The number of halogens is 1. The van der Waals surface area contributed by atoms with Crippen molar-refractivity contribution in [1.82, 2.24) is 5.32 Å². The van der Waals surface area contributed by atoms with Crippen LogP contribution < -0.4 is 10.1 Å². The monoisotopic (exact) mass is 283 g/mol. The maximum absolute atomic E-state index is 12.7. The fourth-order valence-electron chi connectivity index (χ4n) is 1.92. The Hall–Kier alpha value is -1.66. The number of benzene rings is 1. The minimum absolute atomic E-state index is 0.168. The van der Waals surface area contributed by atoms with Gasteiger partial charge in [-0.3, -0.25) is 4.79 Å². The zero-order valence-corrected chi connectivity index (χ0v) is 11.1. The Morgan fingerprint density at radius 2 is 2.00 bits per heavy atom. The molecule has 1 aromatic carbocycles. The second-order valence-corrected chi connectivity index (χ2v) is 4.86. The van der Waals surface area contributed by atoms with Gasteiger partial charge in [0.2, 0.25) is 0 Å². The molecule has 0 radical (unpaired) electrons. The van der Waals surface area contributed by atoms with E-state index in [-0.39, 0.29) is 24.9 Å². The van der Waals surface area contributed by atoms with E-state index in [1.807, 2.05) is 0 Å². The Kier molecular flexibility index (Phi) is 4.92. The van der Waals surface area contributed by atoms with Crippen molar-refractivity contribution in [3.05, 3.63) is 30.1 Å². The first-order valence-electron chi connectivity index (χ1n) is 6.53. The molecule has 1 aromatic rings. The van der Waals surface area contributed by atoms with Crippen molar-refractivity contribution in [2.45, 2.75) is 18.4 Å². The molecule has 0 bridgehead atoms. The zero-order valence-electron chi connectivity index (χ0n) is 11.1. The smallest absolute Gasteiger partial charge is 0.258 e. The molecule has 5 nitrogen and oxygen atoms in total. The van der Waals surface area contributed by atoms with Crippen LogP contribution in [0.25, 0.3) is 0 Å². The summed E-state index contributed by atoms with van der Waals surface area (Å²) in [4.78, 5) is 11.6.